The Balaban J connectivity index is 2.19. The van der Waals surface area contributed by atoms with Crippen molar-refractivity contribution < 1.29 is 10.2 Å². The first-order valence-electron chi connectivity index (χ1n) is 7.29. The van der Waals surface area contributed by atoms with Crippen molar-refractivity contribution in [1.29, 1.82) is 0 Å². The van der Waals surface area contributed by atoms with E-state index < -0.39 is 0 Å². The number of phenolic OH excluding ortho intramolecular Hbond substituents is 2. The Kier molecular flexibility index (Phi) is 2.49. The van der Waals surface area contributed by atoms with E-state index in [1.54, 1.807) is 6.07 Å². The molecule has 1 aliphatic rings. The minimum atomic E-state index is -0.0617. The molecule has 104 valence electrons. The largest absolute Gasteiger partial charge is 0.504 e. The summed E-state index contributed by atoms with van der Waals surface area (Å²) < 4.78 is 0. The molecule has 3 aromatic carbocycles. The standard InChI is InChI=1S/C19H16O2/c1-2-12-13-5-3-4-6-14(13)18-15(12)9-7-11-8-10-16(20)19(21)17(11)18/h3-10,12,20-21H,2H2,1H3. The van der Waals surface area contributed by atoms with Crippen LogP contribution in [0.3, 0.4) is 0 Å². The van der Waals surface area contributed by atoms with Crippen molar-refractivity contribution in [1.82, 2.24) is 0 Å². The van der Waals surface area contributed by atoms with E-state index in [1.165, 1.54) is 16.7 Å². The van der Waals surface area contributed by atoms with Crippen LogP contribution in [0.2, 0.25) is 0 Å². The fraction of sp³-hybridized carbons (Fsp3) is 0.158. The van der Waals surface area contributed by atoms with Crippen molar-refractivity contribution in [2.45, 2.75) is 19.3 Å². The van der Waals surface area contributed by atoms with E-state index in [-0.39, 0.29) is 11.5 Å². The van der Waals surface area contributed by atoms with Gasteiger partial charge in [0.25, 0.3) is 0 Å². The van der Waals surface area contributed by atoms with Crippen molar-refractivity contribution in [2.75, 3.05) is 0 Å². The molecule has 0 bridgehead atoms. The van der Waals surface area contributed by atoms with Gasteiger partial charge in [-0.05, 0) is 40.1 Å². The highest BCUT2D eigenvalue weighted by atomic mass is 16.3. The molecule has 0 radical (unpaired) electrons. The van der Waals surface area contributed by atoms with Gasteiger partial charge in [0.15, 0.2) is 11.5 Å². The molecule has 21 heavy (non-hydrogen) atoms. The van der Waals surface area contributed by atoms with E-state index in [9.17, 15) is 10.2 Å². The molecule has 0 fully saturated rings. The van der Waals surface area contributed by atoms with Gasteiger partial charge in [-0.15, -0.1) is 0 Å². The molecule has 2 nitrogen and oxygen atoms in total. The zero-order chi connectivity index (χ0) is 14.6. The second kappa shape index (κ2) is 4.26. The zero-order valence-electron chi connectivity index (χ0n) is 11.8. The van der Waals surface area contributed by atoms with Gasteiger partial charge in [-0.25, -0.2) is 0 Å². The number of benzene rings is 3. The maximum atomic E-state index is 10.4. The molecule has 0 heterocycles. The number of aromatic hydroxyl groups is 2. The molecule has 0 aromatic heterocycles. The Morgan fingerprint density at radius 1 is 0.905 bits per heavy atom. The van der Waals surface area contributed by atoms with Crippen molar-refractivity contribution in [2.24, 2.45) is 0 Å². The molecule has 1 aliphatic carbocycles. The second-order valence-corrected chi connectivity index (χ2v) is 5.61. The predicted molar refractivity (Wildman–Crippen MR) is 84.8 cm³/mol. The van der Waals surface area contributed by atoms with Gasteiger partial charge in [-0.3, -0.25) is 0 Å². The van der Waals surface area contributed by atoms with Crippen molar-refractivity contribution in [3.05, 3.63) is 59.7 Å². The van der Waals surface area contributed by atoms with Gasteiger partial charge in [0.2, 0.25) is 0 Å². The number of fused-ring (bicyclic) bond motifs is 5. The van der Waals surface area contributed by atoms with Crippen molar-refractivity contribution in [3.8, 4) is 22.6 Å². The van der Waals surface area contributed by atoms with Crippen LogP contribution in [0.15, 0.2) is 48.5 Å². The first-order chi connectivity index (χ1) is 10.2. The summed E-state index contributed by atoms with van der Waals surface area (Å²) in [7, 11) is 0. The highest BCUT2D eigenvalue weighted by Gasteiger charge is 2.29. The molecule has 2 heteroatoms. The highest BCUT2D eigenvalue weighted by Crippen LogP contribution is 2.51. The van der Waals surface area contributed by atoms with Gasteiger partial charge in [-0.1, -0.05) is 49.4 Å². The summed E-state index contributed by atoms with van der Waals surface area (Å²) in [4.78, 5) is 0. The Labute approximate surface area is 123 Å². The van der Waals surface area contributed by atoms with Crippen LogP contribution in [0.1, 0.15) is 30.4 Å². The predicted octanol–water partition coefficient (Wildman–Crippen LogP) is 4.77. The lowest BCUT2D eigenvalue weighted by atomic mass is 9.93. The van der Waals surface area contributed by atoms with Crippen molar-refractivity contribution in [3.63, 3.8) is 0 Å². The van der Waals surface area contributed by atoms with Gasteiger partial charge in [-0.2, -0.15) is 0 Å². The molecule has 4 rings (SSSR count). The normalized spacial score (nSPS) is 16.0. The lowest BCUT2D eigenvalue weighted by Gasteiger charge is -2.12. The molecule has 0 amide bonds. The molecular formula is C19H16O2. The third-order valence-corrected chi connectivity index (χ3v) is 4.56. The number of hydrogen-bond acceptors (Lipinski definition) is 2. The smallest absolute Gasteiger partial charge is 0.166 e. The van der Waals surface area contributed by atoms with E-state index in [0.29, 0.717) is 5.92 Å². The maximum absolute atomic E-state index is 10.4. The fourth-order valence-electron chi connectivity index (χ4n) is 3.62. The SMILES string of the molecule is CCC1c2ccccc2-c2c1ccc1ccc(O)c(O)c21. The summed E-state index contributed by atoms with van der Waals surface area (Å²) in [5.74, 6) is 0.284. The summed E-state index contributed by atoms with van der Waals surface area (Å²) in [5.41, 5.74) is 4.80. The second-order valence-electron chi connectivity index (χ2n) is 5.61. The first kappa shape index (κ1) is 12.3. The Morgan fingerprint density at radius 3 is 2.48 bits per heavy atom. The Bertz CT molecular complexity index is 865. The van der Waals surface area contributed by atoms with E-state index in [4.69, 9.17) is 0 Å². The average molecular weight is 276 g/mol. The minimum absolute atomic E-state index is 0.0177. The van der Waals surface area contributed by atoms with Crippen LogP contribution in [0.5, 0.6) is 11.5 Å². The molecule has 3 aromatic rings. The third kappa shape index (κ3) is 1.53. The summed E-state index contributed by atoms with van der Waals surface area (Å²) in [6.45, 7) is 2.18. The van der Waals surface area contributed by atoms with E-state index in [2.05, 4.69) is 31.2 Å². The van der Waals surface area contributed by atoms with Crippen LogP contribution in [0.4, 0.5) is 0 Å². The number of rotatable bonds is 1. The summed E-state index contributed by atoms with van der Waals surface area (Å²) in [5, 5.41) is 21.9. The van der Waals surface area contributed by atoms with Crippen LogP contribution in [0, 0.1) is 0 Å². The maximum Gasteiger partial charge on any atom is 0.166 e. The molecular weight excluding hydrogens is 260 g/mol. The molecule has 2 N–H and O–H groups in total. The monoisotopic (exact) mass is 276 g/mol. The Hall–Kier alpha value is -2.48. The van der Waals surface area contributed by atoms with Crippen LogP contribution >= 0.6 is 0 Å². The summed E-state index contributed by atoms with van der Waals surface area (Å²) in [6.07, 6.45) is 1.02. The topological polar surface area (TPSA) is 40.5 Å². The third-order valence-electron chi connectivity index (χ3n) is 4.56. The van der Waals surface area contributed by atoms with Crippen LogP contribution in [-0.4, -0.2) is 10.2 Å². The molecule has 1 atom stereocenters. The average Bonchev–Trinajstić information content (AvgIpc) is 2.84. The van der Waals surface area contributed by atoms with Gasteiger partial charge < -0.3 is 10.2 Å². The van der Waals surface area contributed by atoms with Crippen LogP contribution < -0.4 is 0 Å². The Morgan fingerprint density at radius 2 is 1.67 bits per heavy atom. The van der Waals surface area contributed by atoms with Gasteiger partial charge in [0.05, 0.1) is 0 Å². The molecule has 0 spiro atoms. The number of hydrogen-bond donors (Lipinski definition) is 2. The van der Waals surface area contributed by atoms with Crippen molar-refractivity contribution >= 4 is 10.8 Å². The lowest BCUT2D eigenvalue weighted by Crippen LogP contribution is -1.93. The fourth-order valence-corrected chi connectivity index (χ4v) is 3.62. The highest BCUT2D eigenvalue weighted by molar-refractivity contribution is 6.06. The molecule has 0 saturated heterocycles. The lowest BCUT2D eigenvalue weighted by molar-refractivity contribution is 0.408. The quantitative estimate of drug-likeness (QED) is 0.628. The number of phenols is 2. The van der Waals surface area contributed by atoms with Crippen LogP contribution in [0.25, 0.3) is 21.9 Å². The summed E-state index contributed by atoms with van der Waals surface area (Å²) in [6, 6.07) is 15.9. The minimum Gasteiger partial charge on any atom is -0.504 e. The molecule has 0 aliphatic heterocycles. The van der Waals surface area contributed by atoms with Gasteiger partial charge in [0, 0.05) is 11.3 Å². The van der Waals surface area contributed by atoms with E-state index >= 15 is 0 Å². The molecule has 0 saturated carbocycles. The van der Waals surface area contributed by atoms with Gasteiger partial charge >= 0.3 is 0 Å². The summed E-state index contributed by atoms with van der Waals surface area (Å²) >= 11 is 0. The van der Waals surface area contributed by atoms with Crippen LogP contribution in [-0.2, 0) is 0 Å². The first-order valence-corrected chi connectivity index (χ1v) is 7.29. The zero-order valence-corrected chi connectivity index (χ0v) is 11.8. The van der Waals surface area contributed by atoms with E-state index in [1.807, 2.05) is 18.2 Å². The van der Waals surface area contributed by atoms with Gasteiger partial charge in [0.1, 0.15) is 0 Å². The molecule has 1 unspecified atom stereocenters. The van der Waals surface area contributed by atoms with E-state index in [0.717, 1.165) is 22.8 Å².